The Bertz CT molecular complexity index is 1420. The highest BCUT2D eigenvalue weighted by Gasteiger charge is 2.96. The van der Waals surface area contributed by atoms with Crippen molar-refractivity contribution in [3.8, 4) is 0 Å². The summed E-state index contributed by atoms with van der Waals surface area (Å²) < 4.78 is 462. The molecule has 0 spiro atoms. The molecule has 0 saturated heterocycles. The zero-order chi connectivity index (χ0) is 52.2. The molecule has 0 aliphatic rings. The van der Waals surface area contributed by atoms with Gasteiger partial charge in [0.1, 0.15) is 0 Å². The van der Waals surface area contributed by atoms with Crippen LogP contribution >= 0.6 is 0 Å². The summed E-state index contributed by atoms with van der Waals surface area (Å²) in [5.41, 5.74) is 10.6. The maximum atomic E-state index is 13.9. The Hall–Kier alpha value is -2.54. The minimum absolute atomic E-state index is 1.19. The van der Waals surface area contributed by atoms with E-state index in [2.05, 4.69) is 9.47 Å². The van der Waals surface area contributed by atoms with Crippen LogP contribution < -0.4 is 11.5 Å². The van der Waals surface area contributed by atoms with Crippen LogP contribution in [0.2, 0.25) is 0 Å². The number of ether oxygens (including phenoxy) is 2. The van der Waals surface area contributed by atoms with Gasteiger partial charge in [0.05, 0.1) is 13.2 Å². The zero-order valence-electron chi connectivity index (χ0n) is 29.6. The third-order valence-corrected chi connectivity index (χ3v) is 8.30. The lowest BCUT2D eigenvalue weighted by molar-refractivity contribution is -0.461. The minimum atomic E-state index is -8.87. The molecule has 0 unspecified atom stereocenters. The Morgan fingerprint density at radius 1 is 0.266 bits per heavy atom. The predicted octanol–water partition coefficient (Wildman–Crippen LogP) is 11.3. The summed E-state index contributed by atoms with van der Waals surface area (Å²) in [6, 6.07) is -3.64. The number of rotatable bonds is 25. The van der Waals surface area contributed by atoms with Gasteiger partial charge in [-0.25, -0.2) is 0 Å². The predicted molar refractivity (Wildman–Crippen MR) is 137 cm³/mol. The van der Waals surface area contributed by atoms with E-state index in [4.69, 9.17) is 11.5 Å². The van der Waals surface area contributed by atoms with Crippen LogP contribution in [0.5, 0.6) is 0 Å². The standard InChI is InChI=1S/C26H22F34N2O2/c27-11(28,13(31,32)15(35,36)17(39,40)19(43,44)21(47,48)23(51,52)25(55,56)57)3-1-5-63-7-9(61)10(62)8-64-6-2-4-12(29,30)14(33,34)16(37,38)18(41,42)20(45,46)22(49,50)24(53,54)26(58,59)60/h9-10H,1-8,61-62H2/t9-,10-/m0/s1. The highest BCUT2D eigenvalue weighted by atomic mass is 19.4. The molecule has 0 aromatic rings. The van der Waals surface area contributed by atoms with Crippen LogP contribution in [0.3, 0.4) is 0 Å². The molecular weight excluding hydrogens is 1020 g/mol. The average molecular weight is 1040 g/mol. The lowest BCUT2D eigenvalue weighted by Crippen LogP contribution is -2.74. The largest absolute Gasteiger partial charge is 0.460 e. The van der Waals surface area contributed by atoms with E-state index in [1.807, 2.05) is 0 Å². The van der Waals surface area contributed by atoms with E-state index in [0.29, 0.717) is 0 Å². The van der Waals surface area contributed by atoms with Crippen LogP contribution in [0.1, 0.15) is 25.7 Å². The van der Waals surface area contributed by atoms with Crippen LogP contribution in [-0.4, -0.2) is 134 Å². The second-order valence-corrected chi connectivity index (χ2v) is 13.0. The number of hydrogen-bond donors (Lipinski definition) is 2. The van der Waals surface area contributed by atoms with Gasteiger partial charge in [-0.05, 0) is 12.8 Å². The van der Waals surface area contributed by atoms with Gasteiger partial charge < -0.3 is 20.9 Å². The normalized spacial score (nSPS) is 17.2. The van der Waals surface area contributed by atoms with E-state index in [9.17, 15) is 149 Å². The Morgan fingerprint density at radius 3 is 0.625 bits per heavy atom. The van der Waals surface area contributed by atoms with Crippen LogP contribution in [0, 0.1) is 0 Å². The summed E-state index contributed by atoms with van der Waals surface area (Å²) in [6.45, 7) is -5.38. The molecule has 38 heteroatoms. The smallest absolute Gasteiger partial charge is 0.380 e. The van der Waals surface area contributed by atoms with Gasteiger partial charge in [0.15, 0.2) is 0 Å². The van der Waals surface area contributed by atoms with Gasteiger partial charge in [0.25, 0.3) is 0 Å². The molecule has 0 rings (SSSR count). The molecule has 64 heavy (non-hydrogen) atoms. The first kappa shape index (κ1) is 61.5. The van der Waals surface area contributed by atoms with Crippen molar-refractivity contribution in [1.82, 2.24) is 0 Å². The van der Waals surface area contributed by atoms with Crippen molar-refractivity contribution in [1.29, 1.82) is 0 Å². The van der Waals surface area contributed by atoms with Crippen molar-refractivity contribution < 1.29 is 159 Å². The number of halogens is 34. The molecule has 2 atom stereocenters. The fourth-order valence-electron chi connectivity index (χ4n) is 4.19. The van der Waals surface area contributed by atoms with Crippen LogP contribution in [0.25, 0.3) is 0 Å². The summed E-state index contributed by atoms with van der Waals surface area (Å²) in [6.07, 6.45) is -25.4. The molecule has 0 amide bonds. The van der Waals surface area contributed by atoms with Gasteiger partial charge in [-0.15, -0.1) is 0 Å². The van der Waals surface area contributed by atoms with Gasteiger partial charge in [-0.1, -0.05) is 0 Å². The van der Waals surface area contributed by atoms with Crippen molar-refractivity contribution in [2.45, 2.75) is 133 Å². The lowest BCUT2D eigenvalue weighted by atomic mass is 9.88. The molecule has 0 aromatic heterocycles. The fraction of sp³-hybridized carbons (Fsp3) is 1.00. The number of hydrogen-bond acceptors (Lipinski definition) is 4. The highest BCUT2D eigenvalue weighted by Crippen LogP contribution is 2.66. The molecule has 0 bridgehead atoms. The minimum Gasteiger partial charge on any atom is -0.380 e. The van der Waals surface area contributed by atoms with Crippen LogP contribution in [-0.2, 0) is 9.47 Å². The first-order valence-electron chi connectivity index (χ1n) is 15.6. The number of alkyl halides is 34. The average Bonchev–Trinajstić information content (AvgIpc) is 3.08. The summed E-state index contributed by atoms with van der Waals surface area (Å²) in [4.78, 5) is 0. The number of nitrogens with two attached hydrogens (primary N) is 2. The van der Waals surface area contributed by atoms with Gasteiger partial charge >= 0.3 is 95.3 Å². The zero-order valence-corrected chi connectivity index (χ0v) is 29.6. The van der Waals surface area contributed by atoms with Crippen molar-refractivity contribution in [3.63, 3.8) is 0 Å². The first-order valence-corrected chi connectivity index (χ1v) is 15.6. The Labute approximate surface area is 330 Å². The summed E-state index contributed by atoms with van der Waals surface area (Å²) in [7, 11) is 0. The second-order valence-electron chi connectivity index (χ2n) is 13.0. The van der Waals surface area contributed by atoms with Gasteiger partial charge in [0.2, 0.25) is 0 Å². The van der Waals surface area contributed by atoms with Crippen molar-refractivity contribution in [3.05, 3.63) is 0 Å². The molecule has 0 aromatic carbocycles. The molecule has 0 radical (unpaired) electrons. The molecule has 4 N–H and O–H groups in total. The molecule has 0 saturated carbocycles. The van der Waals surface area contributed by atoms with Gasteiger partial charge in [-0.3, -0.25) is 0 Å². The van der Waals surface area contributed by atoms with E-state index in [-0.39, 0.29) is 0 Å². The third kappa shape index (κ3) is 9.60. The summed E-state index contributed by atoms with van der Waals surface area (Å²) in [5, 5.41) is 0. The summed E-state index contributed by atoms with van der Waals surface area (Å²) >= 11 is 0. The maximum Gasteiger partial charge on any atom is 0.460 e. The SMILES string of the molecule is N[C@@H](COCCCC(F)(F)C(F)(F)C(F)(F)C(F)(F)C(F)(F)C(F)(F)C(F)(F)C(F)(F)F)[C@@H](N)COCCCC(F)(F)C(F)(F)C(F)(F)C(F)(F)C(F)(F)C(F)(F)C(F)(F)C(F)(F)F. The first-order chi connectivity index (χ1) is 27.5. The van der Waals surface area contributed by atoms with E-state index in [0.717, 1.165) is 0 Å². The molecule has 0 heterocycles. The summed E-state index contributed by atoms with van der Waals surface area (Å²) in [5.74, 6) is -116. The van der Waals surface area contributed by atoms with Crippen LogP contribution in [0.15, 0.2) is 0 Å². The van der Waals surface area contributed by atoms with Crippen molar-refractivity contribution in [2.24, 2.45) is 11.5 Å². The Balaban J connectivity index is 5.54. The lowest BCUT2D eigenvalue weighted by Gasteiger charge is -2.42. The second kappa shape index (κ2) is 17.8. The third-order valence-electron chi connectivity index (χ3n) is 8.30. The van der Waals surface area contributed by atoms with E-state index < -0.39 is 159 Å². The van der Waals surface area contributed by atoms with E-state index in [1.54, 1.807) is 0 Å². The molecule has 4 nitrogen and oxygen atoms in total. The highest BCUT2D eigenvalue weighted by molar-refractivity contribution is 5.16. The molecule has 0 fully saturated rings. The monoisotopic (exact) mass is 1040 g/mol. The van der Waals surface area contributed by atoms with Crippen molar-refractivity contribution >= 4 is 0 Å². The van der Waals surface area contributed by atoms with Gasteiger partial charge in [-0.2, -0.15) is 149 Å². The molecule has 386 valence electrons. The topological polar surface area (TPSA) is 70.5 Å². The Kier molecular flexibility index (Phi) is 17.1. The maximum absolute atomic E-state index is 13.9. The fourth-order valence-corrected chi connectivity index (χ4v) is 4.19. The van der Waals surface area contributed by atoms with E-state index in [1.165, 1.54) is 0 Å². The Morgan fingerprint density at radius 2 is 0.438 bits per heavy atom. The van der Waals surface area contributed by atoms with E-state index >= 15 is 0 Å². The molecular formula is C26H22F34N2O2. The van der Waals surface area contributed by atoms with Crippen molar-refractivity contribution in [2.75, 3.05) is 26.4 Å². The van der Waals surface area contributed by atoms with Gasteiger partial charge in [0, 0.05) is 38.1 Å². The quantitative estimate of drug-likeness (QED) is 0.0706. The molecule has 0 aliphatic heterocycles. The molecule has 0 aliphatic carbocycles. The van der Waals surface area contributed by atoms with Crippen LogP contribution in [0.4, 0.5) is 149 Å².